The maximum Gasteiger partial charge on any atom is 0.321 e. The summed E-state index contributed by atoms with van der Waals surface area (Å²) in [5.74, 6) is 0.0702. The van der Waals surface area contributed by atoms with E-state index >= 15 is 0 Å². The van der Waals surface area contributed by atoms with Crippen LogP contribution < -0.4 is 5.32 Å². The molecule has 2 fully saturated rings. The molecule has 0 aliphatic carbocycles. The minimum absolute atomic E-state index is 0.116. The summed E-state index contributed by atoms with van der Waals surface area (Å²) in [4.78, 5) is 29.3. The van der Waals surface area contributed by atoms with Crippen LogP contribution in [0, 0.1) is 5.82 Å². The van der Waals surface area contributed by atoms with Crippen molar-refractivity contribution in [2.45, 2.75) is 17.7 Å². The van der Waals surface area contributed by atoms with E-state index < -0.39 is 5.82 Å². The van der Waals surface area contributed by atoms with Crippen LogP contribution >= 0.6 is 11.8 Å². The Bertz CT molecular complexity index is 1170. The summed E-state index contributed by atoms with van der Waals surface area (Å²) in [7, 11) is 0. The number of nitrogens with one attached hydrogen (secondary N) is 1. The first-order valence-electron chi connectivity index (χ1n) is 10.8. The number of urea groups is 1. The van der Waals surface area contributed by atoms with E-state index in [0.717, 1.165) is 22.2 Å². The summed E-state index contributed by atoms with van der Waals surface area (Å²) >= 11 is 1.75. The van der Waals surface area contributed by atoms with Gasteiger partial charge < -0.3 is 15.1 Å². The maximum absolute atomic E-state index is 14.2. The van der Waals surface area contributed by atoms with Crippen molar-refractivity contribution in [3.63, 3.8) is 0 Å². The van der Waals surface area contributed by atoms with Gasteiger partial charge in [0.15, 0.2) is 0 Å². The molecule has 0 unspecified atom stereocenters. The molecule has 2 aliphatic rings. The van der Waals surface area contributed by atoms with Crippen LogP contribution in [0.1, 0.15) is 23.2 Å². The summed E-state index contributed by atoms with van der Waals surface area (Å²) in [6, 6.07) is 19.8. The van der Waals surface area contributed by atoms with Crippen molar-refractivity contribution in [1.29, 1.82) is 0 Å². The Morgan fingerprint density at radius 3 is 2.44 bits per heavy atom. The minimum Gasteiger partial charge on any atom is -0.324 e. The molecule has 0 saturated carbocycles. The van der Waals surface area contributed by atoms with Gasteiger partial charge in [0, 0.05) is 30.8 Å². The lowest BCUT2D eigenvalue weighted by Gasteiger charge is -2.44. The van der Waals surface area contributed by atoms with E-state index in [2.05, 4.69) is 5.32 Å². The summed E-state index contributed by atoms with van der Waals surface area (Å²) in [5, 5.41) is 5.13. The molecule has 5 rings (SSSR count). The summed E-state index contributed by atoms with van der Waals surface area (Å²) in [6.45, 7) is 1.69. The lowest BCUT2D eigenvalue weighted by atomic mass is 10.0. The predicted molar refractivity (Wildman–Crippen MR) is 126 cm³/mol. The van der Waals surface area contributed by atoms with E-state index in [1.165, 1.54) is 6.07 Å². The average molecular weight is 450 g/mol. The number of carbonyl (C=O) groups excluding carboxylic acids is 2. The molecule has 0 radical (unpaired) electrons. The van der Waals surface area contributed by atoms with Crippen molar-refractivity contribution in [2.75, 3.05) is 30.7 Å². The van der Waals surface area contributed by atoms with Gasteiger partial charge in [-0.2, -0.15) is 0 Å². The van der Waals surface area contributed by atoms with Gasteiger partial charge in [-0.25, -0.2) is 9.18 Å². The molecule has 164 valence electrons. The topological polar surface area (TPSA) is 52.7 Å². The number of thioether (sulfide) groups is 1. The van der Waals surface area contributed by atoms with Crippen LogP contribution in [0.3, 0.4) is 0 Å². The van der Waals surface area contributed by atoms with Gasteiger partial charge in [0.1, 0.15) is 5.82 Å². The van der Waals surface area contributed by atoms with Gasteiger partial charge in [-0.1, -0.05) is 48.5 Å². The molecular weight excluding hydrogens is 425 g/mol. The third kappa shape index (κ3) is 3.71. The number of hydrogen-bond acceptors (Lipinski definition) is 3. The third-order valence-electron chi connectivity index (χ3n) is 6.39. The maximum atomic E-state index is 14.2. The molecule has 7 heteroatoms. The van der Waals surface area contributed by atoms with Gasteiger partial charge in [-0.3, -0.25) is 4.79 Å². The van der Waals surface area contributed by atoms with E-state index in [4.69, 9.17) is 0 Å². The zero-order valence-electron chi connectivity index (χ0n) is 17.6. The zero-order valence-corrected chi connectivity index (χ0v) is 18.4. The molecule has 32 heavy (non-hydrogen) atoms. The molecule has 2 heterocycles. The van der Waals surface area contributed by atoms with E-state index in [1.807, 2.05) is 47.4 Å². The van der Waals surface area contributed by atoms with Crippen LogP contribution in [0.5, 0.6) is 0 Å². The van der Waals surface area contributed by atoms with E-state index in [0.29, 0.717) is 32.5 Å². The molecule has 2 aliphatic heterocycles. The monoisotopic (exact) mass is 449 g/mol. The molecule has 5 nitrogen and oxygen atoms in total. The van der Waals surface area contributed by atoms with Crippen LogP contribution in [0.15, 0.2) is 66.7 Å². The van der Waals surface area contributed by atoms with Gasteiger partial charge in [-0.05, 0) is 36.4 Å². The van der Waals surface area contributed by atoms with Crippen molar-refractivity contribution >= 4 is 40.2 Å². The molecule has 3 amide bonds. The Balaban J connectivity index is 1.28. The number of fused-ring (bicyclic) bond motifs is 1. The van der Waals surface area contributed by atoms with E-state index in [1.54, 1.807) is 34.9 Å². The van der Waals surface area contributed by atoms with Gasteiger partial charge in [-0.15, -0.1) is 11.8 Å². The number of nitrogens with zero attached hydrogens (tertiary/aromatic N) is 2. The normalized spacial score (nSPS) is 17.7. The van der Waals surface area contributed by atoms with Crippen LogP contribution in [0.2, 0.25) is 0 Å². The molecule has 3 aromatic carbocycles. The molecule has 1 spiro atoms. The van der Waals surface area contributed by atoms with E-state index in [-0.39, 0.29) is 22.4 Å². The summed E-state index contributed by atoms with van der Waals surface area (Å²) in [6.07, 6.45) is 1.33. The first-order chi connectivity index (χ1) is 15.6. The number of hydrogen-bond donors (Lipinski definition) is 1. The molecule has 3 aromatic rings. The van der Waals surface area contributed by atoms with Crippen molar-refractivity contribution in [3.8, 4) is 0 Å². The Hall–Kier alpha value is -3.06. The zero-order chi connectivity index (χ0) is 22.1. The van der Waals surface area contributed by atoms with Crippen LogP contribution in [-0.2, 0) is 0 Å². The highest BCUT2D eigenvalue weighted by Gasteiger charge is 2.47. The SMILES string of the molecule is O=C(Nc1cccc2ccccc12)N1CCC2(CC1)SCCN2C(=O)c1ccccc1F. The molecular formula is C25H24FN3O2S. The highest BCUT2D eigenvalue weighted by molar-refractivity contribution is 8.00. The summed E-state index contributed by atoms with van der Waals surface area (Å²) in [5.41, 5.74) is 0.908. The Kier molecular flexibility index (Phi) is 5.51. The molecule has 0 bridgehead atoms. The Morgan fingerprint density at radius 1 is 0.906 bits per heavy atom. The number of rotatable bonds is 2. The largest absolute Gasteiger partial charge is 0.324 e. The standard InChI is InChI=1S/C25H24FN3O2S/c26-21-10-4-3-9-20(21)23(30)29-16-17-32-25(29)12-14-28(15-13-25)24(31)27-22-11-5-7-18-6-1-2-8-19(18)22/h1-11H,12-17H2,(H,27,31). The van der Waals surface area contributed by atoms with Crippen molar-refractivity contribution in [2.24, 2.45) is 0 Å². The third-order valence-corrected chi connectivity index (χ3v) is 7.94. The van der Waals surface area contributed by atoms with E-state index in [9.17, 15) is 14.0 Å². The second kappa shape index (κ2) is 8.47. The van der Waals surface area contributed by atoms with Gasteiger partial charge in [0.25, 0.3) is 5.91 Å². The second-order valence-electron chi connectivity index (χ2n) is 8.18. The van der Waals surface area contributed by atoms with Crippen LogP contribution in [0.4, 0.5) is 14.9 Å². The summed E-state index contributed by atoms with van der Waals surface area (Å²) < 4.78 is 14.2. The highest BCUT2D eigenvalue weighted by Crippen LogP contribution is 2.44. The number of piperidine rings is 1. The van der Waals surface area contributed by atoms with Crippen molar-refractivity contribution in [1.82, 2.24) is 9.80 Å². The fourth-order valence-corrected chi connectivity index (χ4v) is 6.13. The number of halogens is 1. The highest BCUT2D eigenvalue weighted by atomic mass is 32.2. The Morgan fingerprint density at radius 2 is 1.62 bits per heavy atom. The smallest absolute Gasteiger partial charge is 0.321 e. The average Bonchev–Trinajstić information content (AvgIpc) is 3.22. The number of likely N-dealkylation sites (tertiary alicyclic amines) is 1. The van der Waals surface area contributed by atoms with Gasteiger partial charge in [0.05, 0.1) is 16.1 Å². The fourth-order valence-electron chi connectivity index (χ4n) is 4.68. The number of amides is 3. The molecule has 1 N–H and O–H groups in total. The van der Waals surface area contributed by atoms with Gasteiger partial charge in [0.2, 0.25) is 0 Å². The van der Waals surface area contributed by atoms with Crippen LogP contribution in [-0.4, -0.2) is 52.0 Å². The second-order valence-corrected chi connectivity index (χ2v) is 9.63. The molecule has 2 saturated heterocycles. The lowest BCUT2D eigenvalue weighted by Crippen LogP contribution is -2.54. The lowest BCUT2D eigenvalue weighted by molar-refractivity contribution is 0.0581. The van der Waals surface area contributed by atoms with Crippen LogP contribution in [0.25, 0.3) is 10.8 Å². The minimum atomic E-state index is -0.489. The Labute approximate surface area is 190 Å². The molecule has 0 aromatic heterocycles. The first kappa shape index (κ1) is 20.8. The first-order valence-corrected chi connectivity index (χ1v) is 11.8. The number of anilines is 1. The van der Waals surface area contributed by atoms with Crippen molar-refractivity contribution in [3.05, 3.63) is 78.1 Å². The predicted octanol–water partition coefficient (Wildman–Crippen LogP) is 5.19. The fraction of sp³-hybridized carbons (Fsp3) is 0.280. The number of benzene rings is 3. The van der Waals surface area contributed by atoms with Gasteiger partial charge >= 0.3 is 6.03 Å². The molecule has 0 atom stereocenters. The number of carbonyl (C=O) groups is 2. The van der Waals surface area contributed by atoms with Crippen molar-refractivity contribution < 1.29 is 14.0 Å². The quantitative estimate of drug-likeness (QED) is 0.586.